The molecular formula is C17H13ClN2O3. The van der Waals surface area contributed by atoms with Crippen molar-refractivity contribution in [2.75, 3.05) is 0 Å². The third-order valence-electron chi connectivity index (χ3n) is 4.36. The van der Waals surface area contributed by atoms with Crippen molar-refractivity contribution in [1.29, 1.82) is 0 Å². The minimum Gasteiger partial charge on any atom is -0.470 e. The minimum atomic E-state index is -0.449. The van der Waals surface area contributed by atoms with Gasteiger partial charge in [-0.05, 0) is 36.5 Å². The molecule has 23 heavy (non-hydrogen) atoms. The van der Waals surface area contributed by atoms with E-state index in [2.05, 4.69) is 11.1 Å². The molecule has 0 saturated heterocycles. The molecule has 5 nitrogen and oxygen atoms in total. The SMILES string of the molecule is O=[N+]([O-])c1cc([C@H]2C3=CCCCC3=Nc3cocc32)ccc1Cl. The lowest BCUT2D eigenvalue weighted by molar-refractivity contribution is -0.384. The number of nitrogens with zero attached hydrogens (tertiary/aromatic N) is 2. The van der Waals surface area contributed by atoms with Crippen molar-refractivity contribution < 1.29 is 9.34 Å². The third-order valence-corrected chi connectivity index (χ3v) is 4.68. The van der Waals surface area contributed by atoms with Gasteiger partial charge in [0.15, 0.2) is 0 Å². The van der Waals surface area contributed by atoms with Gasteiger partial charge in [-0.1, -0.05) is 23.7 Å². The number of benzene rings is 1. The molecule has 0 spiro atoms. The first-order chi connectivity index (χ1) is 11.1. The largest absolute Gasteiger partial charge is 0.470 e. The first kappa shape index (κ1) is 14.2. The molecule has 0 bridgehead atoms. The molecule has 1 aliphatic heterocycles. The lowest BCUT2D eigenvalue weighted by Gasteiger charge is -2.28. The van der Waals surface area contributed by atoms with E-state index in [1.54, 1.807) is 24.7 Å². The number of nitro benzene ring substituents is 1. The van der Waals surface area contributed by atoms with Crippen LogP contribution in [-0.4, -0.2) is 10.6 Å². The van der Waals surface area contributed by atoms with Crippen LogP contribution >= 0.6 is 11.6 Å². The Morgan fingerprint density at radius 3 is 3.04 bits per heavy atom. The van der Waals surface area contributed by atoms with Crippen LogP contribution < -0.4 is 0 Å². The van der Waals surface area contributed by atoms with Crippen molar-refractivity contribution >= 4 is 28.7 Å². The Bertz CT molecular complexity index is 866. The Balaban J connectivity index is 1.90. The summed E-state index contributed by atoms with van der Waals surface area (Å²) < 4.78 is 5.33. The van der Waals surface area contributed by atoms with E-state index >= 15 is 0 Å². The van der Waals surface area contributed by atoms with Crippen LogP contribution in [0.25, 0.3) is 0 Å². The maximum Gasteiger partial charge on any atom is 0.288 e. The zero-order valence-corrected chi connectivity index (χ0v) is 12.9. The summed E-state index contributed by atoms with van der Waals surface area (Å²) in [6, 6.07) is 4.99. The van der Waals surface area contributed by atoms with E-state index in [4.69, 9.17) is 16.0 Å². The zero-order valence-electron chi connectivity index (χ0n) is 12.2. The van der Waals surface area contributed by atoms with Gasteiger partial charge >= 0.3 is 0 Å². The molecule has 0 amide bonds. The summed E-state index contributed by atoms with van der Waals surface area (Å²) in [5, 5.41) is 11.3. The second-order valence-electron chi connectivity index (χ2n) is 5.72. The van der Waals surface area contributed by atoms with E-state index in [1.165, 1.54) is 0 Å². The summed E-state index contributed by atoms with van der Waals surface area (Å²) in [6.45, 7) is 0. The van der Waals surface area contributed by atoms with Crippen LogP contribution in [0.3, 0.4) is 0 Å². The summed E-state index contributed by atoms with van der Waals surface area (Å²) in [5.74, 6) is -0.0903. The van der Waals surface area contributed by atoms with Crippen molar-refractivity contribution in [3.63, 3.8) is 0 Å². The molecule has 0 unspecified atom stereocenters. The molecule has 2 heterocycles. The molecule has 2 aliphatic rings. The summed E-state index contributed by atoms with van der Waals surface area (Å²) in [5.41, 5.74) is 4.69. The van der Waals surface area contributed by atoms with Crippen LogP contribution in [0.4, 0.5) is 11.4 Å². The lowest BCUT2D eigenvalue weighted by Crippen LogP contribution is -2.19. The quantitative estimate of drug-likeness (QED) is 0.564. The van der Waals surface area contributed by atoms with Crippen molar-refractivity contribution in [2.24, 2.45) is 4.99 Å². The highest BCUT2D eigenvalue weighted by Crippen LogP contribution is 2.45. The highest BCUT2D eigenvalue weighted by molar-refractivity contribution is 6.32. The number of halogens is 1. The van der Waals surface area contributed by atoms with Gasteiger partial charge < -0.3 is 4.42 Å². The third kappa shape index (κ3) is 2.28. The van der Waals surface area contributed by atoms with E-state index in [1.807, 2.05) is 6.07 Å². The topological polar surface area (TPSA) is 68.6 Å². The Morgan fingerprint density at radius 1 is 1.35 bits per heavy atom. The fraction of sp³-hybridized carbons (Fsp3) is 0.235. The van der Waals surface area contributed by atoms with Crippen LogP contribution in [0.15, 0.2) is 51.8 Å². The van der Waals surface area contributed by atoms with E-state index < -0.39 is 4.92 Å². The van der Waals surface area contributed by atoms with Crippen LogP contribution in [0, 0.1) is 10.1 Å². The monoisotopic (exact) mass is 328 g/mol. The number of rotatable bonds is 2. The lowest BCUT2D eigenvalue weighted by atomic mass is 9.78. The predicted molar refractivity (Wildman–Crippen MR) is 87.7 cm³/mol. The number of allylic oxidation sites excluding steroid dienone is 2. The molecule has 1 aliphatic carbocycles. The van der Waals surface area contributed by atoms with Crippen LogP contribution in [0.5, 0.6) is 0 Å². The predicted octanol–water partition coefficient (Wildman–Crippen LogP) is 5.17. The van der Waals surface area contributed by atoms with Crippen molar-refractivity contribution in [1.82, 2.24) is 0 Å². The summed E-state index contributed by atoms with van der Waals surface area (Å²) in [6.07, 6.45) is 8.48. The van der Waals surface area contributed by atoms with Crippen molar-refractivity contribution in [3.05, 3.63) is 68.6 Å². The Hall–Kier alpha value is -2.40. The van der Waals surface area contributed by atoms with Gasteiger partial charge in [0.25, 0.3) is 5.69 Å². The maximum absolute atomic E-state index is 11.2. The number of nitro groups is 1. The van der Waals surface area contributed by atoms with Gasteiger partial charge in [0.1, 0.15) is 17.0 Å². The van der Waals surface area contributed by atoms with E-state index in [0.717, 1.165) is 47.4 Å². The zero-order chi connectivity index (χ0) is 16.0. The first-order valence-corrected chi connectivity index (χ1v) is 7.81. The molecule has 0 radical (unpaired) electrons. The van der Waals surface area contributed by atoms with Gasteiger partial charge in [-0.2, -0.15) is 0 Å². The number of fused-ring (bicyclic) bond motifs is 2. The Kier molecular flexibility index (Phi) is 3.31. The van der Waals surface area contributed by atoms with Crippen LogP contribution in [0.2, 0.25) is 5.02 Å². The van der Waals surface area contributed by atoms with Crippen molar-refractivity contribution in [2.45, 2.75) is 25.2 Å². The molecule has 6 heteroatoms. The van der Waals surface area contributed by atoms with Gasteiger partial charge in [0.2, 0.25) is 0 Å². The molecule has 0 N–H and O–H groups in total. The highest BCUT2D eigenvalue weighted by Gasteiger charge is 2.32. The highest BCUT2D eigenvalue weighted by atomic mass is 35.5. The Morgan fingerprint density at radius 2 is 2.22 bits per heavy atom. The van der Waals surface area contributed by atoms with Gasteiger partial charge in [0, 0.05) is 23.3 Å². The fourth-order valence-electron chi connectivity index (χ4n) is 3.32. The van der Waals surface area contributed by atoms with Crippen molar-refractivity contribution in [3.8, 4) is 0 Å². The molecule has 4 rings (SSSR count). The second-order valence-corrected chi connectivity index (χ2v) is 6.13. The summed E-state index contributed by atoms with van der Waals surface area (Å²) in [4.78, 5) is 15.4. The summed E-state index contributed by atoms with van der Waals surface area (Å²) >= 11 is 5.95. The number of aliphatic imine (C=N–C) groups is 1. The molecule has 116 valence electrons. The number of hydrogen-bond acceptors (Lipinski definition) is 4. The first-order valence-electron chi connectivity index (χ1n) is 7.43. The standard InChI is InChI=1S/C17H13ClN2O3/c18-13-6-5-10(7-16(13)20(21)22)17-11-3-1-2-4-14(11)19-15-9-23-8-12(15)17/h3,5-9,17H,1-2,4H2/t17-/m0/s1. The van der Waals surface area contributed by atoms with Gasteiger partial charge in [-0.3, -0.25) is 10.1 Å². The normalized spacial score (nSPS) is 19.4. The fourth-order valence-corrected chi connectivity index (χ4v) is 3.51. The van der Waals surface area contributed by atoms with Crippen LogP contribution in [-0.2, 0) is 0 Å². The average molecular weight is 329 g/mol. The molecule has 0 fully saturated rings. The van der Waals surface area contributed by atoms with Crippen LogP contribution in [0.1, 0.15) is 36.3 Å². The van der Waals surface area contributed by atoms with Gasteiger partial charge in [-0.25, -0.2) is 4.99 Å². The molecule has 0 saturated carbocycles. The molecule has 1 aromatic carbocycles. The van der Waals surface area contributed by atoms with E-state index in [-0.39, 0.29) is 16.6 Å². The smallest absolute Gasteiger partial charge is 0.288 e. The minimum absolute atomic E-state index is 0.0744. The average Bonchev–Trinajstić information content (AvgIpc) is 3.01. The molecule has 1 aromatic heterocycles. The Labute approximate surface area is 137 Å². The van der Waals surface area contributed by atoms with E-state index in [0.29, 0.717) is 0 Å². The van der Waals surface area contributed by atoms with Gasteiger partial charge in [0.05, 0.1) is 11.2 Å². The molecule has 2 aromatic rings. The number of hydrogen-bond donors (Lipinski definition) is 0. The van der Waals surface area contributed by atoms with Gasteiger partial charge in [-0.15, -0.1) is 0 Å². The molecule has 1 atom stereocenters. The second kappa shape index (κ2) is 5.35. The summed E-state index contributed by atoms with van der Waals surface area (Å²) in [7, 11) is 0. The molecular weight excluding hydrogens is 316 g/mol. The number of furan rings is 1. The van der Waals surface area contributed by atoms with E-state index in [9.17, 15) is 10.1 Å². The maximum atomic E-state index is 11.2.